The molecular weight excluding hydrogens is 384 g/mol. The van der Waals surface area contributed by atoms with Gasteiger partial charge in [0.05, 0.1) is 32.0 Å². The van der Waals surface area contributed by atoms with Crippen LogP contribution in [0, 0.1) is 0 Å². The third-order valence-corrected chi connectivity index (χ3v) is 5.54. The van der Waals surface area contributed by atoms with Crippen LogP contribution in [-0.2, 0) is 14.3 Å². The number of morpholine rings is 1. The SMILES string of the molecule is CCCCCN1C(=O)C(c2ccc(OC)c(OC)c2)=C(N2CC(C)OC(C)C2)C1=O. The predicted molar refractivity (Wildman–Crippen MR) is 114 cm³/mol. The molecule has 2 atom stereocenters. The van der Waals surface area contributed by atoms with Gasteiger partial charge in [0.2, 0.25) is 0 Å². The van der Waals surface area contributed by atoms with Crippen molar-refractivity contribution in [2.45, 2.75) is 52.2 Å². The summed E-state index contributed by atoms with van der Waals surface area (Å²) in [4.78, 5) is 30.2. The van der Waals surface area contributed by atoms with Crippen molar-refractivity contribution in [2.24, 2.45) is 0 Å². The minimum absolute atomic E-state index is 0.0232. The Balaban J connectivity index is 2.05. The first-order valence-electron chi connectivity index (χ1n) is 10.6. The highest BCUT2D eigenvalue weighted by Gasteiger charge is 2.42. The van der Waals surface area contributed by atoms with E-state index in [-0.39, 0.29) is 24.0 Å². The zero-order valence-corrected chi connectivity index (χ0v) is 18.6. The maximum atomic E-state index is 13.4. The van der Waals surface area contributed by atoms with Crippen LogP contribution in [0.1, 0.15) is 45.6 Å². The van der Waals surface area contributed by atoms with Gasteiger partial charge >= 0.3 is 0 Å². The fourth-order valence-electron chi connectivity index (χ4n) is 4.19. The Labute approximate surface area is 178 Å². The molecule has 1 aromatic carbocycles. The van der Waals surface area contributed by atoms with Gasteiger partial charge in [-0.3, -0.25) is 14.5 Å². The van der Waals surface area contributed by atoms with E-state index in [1.54, 1.807) is 26.4 Å². The summed E-state index contributed by atoms with van der Waals surface area (Å²) in [6, 6.07) is 5.34. The maximum Gasteiger partial charge on any atom is 0.277 e. The highest BCUT2D eigenvalue weighted by Crippen LogP contribution is 2.37. The molecule has 1 aromatic rings. The number of unbranched alkanes of at least 4 members (excludes halogenated alkanes) is 2. The molecule has 1 saturated heterocycles. The van der Waals surface area contributed by atoms with Crippen LogP contribution in [0.15, 0.2) is 23.9 Å². The largest absolute Gasteiger partial charge is 0.493 e. The van der Waals surface area contributed by atoms with E-state index in [9.17, 15) is 9.59 Å². The third-order valence-electron chi connectivity index (χ3n) is 5.54. The average molecular weight is 417 g/mol. The molecular formula is C23H32N2O5. The number of nitrogens with zero attached hydrogens (tertiary/aromatic N) is 2. The van der Waals surface area contributed by atoms with Gasteiger partial charge in [-0.25, -0.2) is 0 Å². The molecule has 7 heteroatoms. The van der Waals surface area contributed by atoms with E-state index in [0.29, 0.717) is 48.0 Å². The average Bonchev–Trinajstić information content (AvgIpc) is 2.97. The van der Waals surface area contributed by atoms with E-state index in [4.69, 9.17) is 14.2 Å². The van der Waals surface area contributed by atoms with Gasteiger partial charge in [-0.2, -0.15) is 0 Å². The summed E-state index contributed by atoms with van der Waals surface area (Å²) in [6.07, 6.45) is 2.76. The van der Waals surface area contributed by atoms with Crippen LogP contribution >= 0.6 is 0 Å². The van der Waals surface area contributed by atoms with Crippen LogP contribution in [0.4, 0.5) is 0 Å². The molecule has 0 spiro atoms. The predicted octanol–water partition coefficient (Wildman–Crippen LogP) is 3.08. The molecule has 2 aliphatic rings. The molecule has 0 aromatic heterocycles. The standard InChI is InChI=1S/C23H32N2O5/c1-6-7-8-11-25-22(26)20(17-9-10-18(28-4)19(12-17)29-5)21(23(25)27)24-13-15(2)30-16(3)14-24/h9-10,12,15-16H,6-8,11,13-14H2,1-5H3. The number of rotatable bonds is 8. The summed E-state index contributed by atoms with van der Waals surface area (Å²) < 4.78 is 16.6. The monoisotopic (exact) mass is 416 g/mol. The Bertz CT molecular complexity index is 825. The summed E-state index contributed by atoms with van der Waals surface area (Å²) in [5, 5.41) is 0. The summed E-state index contributed by atoms with van der Waals surface area (Å²) in [7, 11) is 3.12. The first kappa shape index (κ1) is 22.2. The van der Waals surface area contributed by atoms with Crippen LogP contribution in [-0.4, -0.2) is 67.7 Å². The minimum atomic E-state index is -0.245. The fourth-order valence-corrected chi connectivity index (χ4v) is 4.19. The normalized spacial score (nSPS) is 22.2. The first-order valence-corrected chi connectivity index (χ1v) is 10.6. The fraction of sp³-hybridized carbons (Fsp3) is 0.565. The number of amides is 2. The lowest BCUT2D eigenvalue weighted by atomic mass is 10.0. The van der Waals surface area contributed by atoms with Gasteiger partial charge in [0.15, 0.2) is 11.5 Å². The Morgan fingerprint density at radius 3 is 2.27 bits per heavy atom. The Hall–Kier alpha value is -2.54. The second-order valence-electron chi connectivity index (χ2n) is 7.92. The molecule has 7 nitrogen and oxygen atoms in total. The molecule has 0 aliphatic carbocycles. The van der Waals surface area contributed by atoms with Crippen molar-refractivity contribution in [3.8, 4) is 11.5 Å². The maximum absolute atomic E-state index is 13.4. The molecule has 2 unspecified atom stereocenters. The van der Waals surface area contributed by atoms with Gasteiger partial charge in [-0.05, 0) is 38.0 Å². The second-order valence-corrected chi connectivity index (χ2v) is 7.92. The summed E-state index contributed by atoms with van der Waals surface area (Å²) in [5.41, 5.74) is 1.55. The lowest BCUT2D eigenvalue weighted by Crippen LogP contribution is -2.47. The van der Waals surface area contributed by atoms with E-state index in [2.05, 4.69) is 6.92 Å². The number of benzene rings is 1. The van der Waals surface area contributed by atoms with Gasteiger partial charge in [-0.1, -0.05) is 25.8 Å². The highest BCUT2D eigenvalue weighted by molar-refractivity contribution is 6.35. The topological polar surface area (TPSA) is 68.3 Å². The lowest BCUT2D eigenvalue weighted by molar-refractivity contribution is -0.138. The highest BCUT2D eigenvalue weighted by atomic mass is 16.5. The molecule has 0 saturated carbocycles. The van der Waals surface area contributed by atoms with Gasteiger partial charge < -0.3 is 19.1 Å². The van der Waals surface area contributed by atoms with Crippen molar-refractivity contribution in [3.63, 3.8) is 0 Å². The Kier molecular flexibility index (Phi) is 7.02. The molecule has 2 heterocycles. The molecule has 164 valence electrons. The van der Waals surface area contributed by atoms with Crippen LogP contribution in [0.2, 0.25) is 0 Å². The quantitative estimate of drug-likeness (QED) is 0.479. The van der Waals surface area contributed by atoms with Gasteiger partial charge in [0.1, 0.15) is 5.70 Å². The van der Waals surface area contributed by atoms with Crippen molar-refractivity contribution in [1.29, 1.82) is 0 Å². The summed E-state index contributed by atoms with van der Waals surface area (Å²) in [5.74, 6) is 0.635. The van der Waals surface area contributed by atoms with E-state index in [1.165, 1.54) is 4.90 Å². The third kappa shape index (κ3) is 4.31. The zero-order chi connectivity index (χ0) is 21.8. The van der Waals surface area contributed by atoms with Gasteiger partial charge in [0.25, 0.3) is 11.8 Å². The number of hydrogen-bond acceptors (Lipinski definition) is 6. The van der Waals surface area contributed by atoms with Crippen LogP contribution in [0.25, 0.3) is 5.57 Å². The van der Waals surface area contributed by atoms with Crippen molar-refractivity contribution < 1.29 is 23.8 Å². The van der Waals surface area contributed by atoms with E-state index < -0.39 is 0 Å². The van der Waals surface area contributed by atoms with E-state index in [1.807, 2.05) is 24.8 Å². The number of carbonyl (C=O) groups is 2. The molecule has 0 N–H and O–H groups in total. The van der Waals surface area contributed by atoms with Crippen molar-refractivity contribution >= 4 is 17.4 Å². The zero-order valence-electron chi connectivity index (χ0n) is 18.6. The minimum Gasteiger partial charge on any atom is -0.493 e. The van der Waals surface area contributed by atoms with Gasteiger partial charge in [0, 0.05) is 19.6 Å². The summed E-state index contributed by atoms with van der Waals surface area (Å²) >= 11 is 0. The van der Waals surface area contributed by atoms with Crippen molar-refractivity contribution in [3.05, 3.63) is 29.5 Å². The number of carbonyl (C=O) groups excluding carboxylic acids is 2. The number of methoxy groups -OCH3 is 2. The number of imide groups is 1. The van der Waals surface area contributed by atoms with E-state index in [0.717, 1.165) is 19.3 Å². The first-order chi connectivity index (χ1) is 14.4. The van der Waals surface area contributed by atoms with E-state index >= 15 is 0 Å². The van der Waals surface area contributed by atoms with Gasteiger partial charge in [-0.15, -0.1) is 0 Å². The second kappa shape index (κ2) is 9.51. The number of hydrogen-bond donors (Lipinski definition) is 0. The summed E-state index contributed by atoms with van der Waals surface area (Å²) in [6.45, 7) is 7.64. The van der Waals surface area contributed by atoms with Crippen LogP contribution in [0.3, 0.4) is 0 Å². The Morgan fingerprint density at radius 2 is 1.67 bits per heavy atom. The molecule has 1 fully saturated rings. The Morgan fingerprint density at radius 1 is 1.00 bits per heavy atom. The molecule has 3 rings (SSSR count). The molecule has 2 amide bonds. The molecule has 30 heavy (non-hydrogen) atoms. The molecule has 2 aliphatic heterocycles. The molecule has 0 bridgehead atoms. The smallest absolute Gasteiger partial charge is 0.277 e. The number of ether oxygens (including phenoxy) is 3. The molecule has 0 radical (unpaired) electrons. The lowest BCUT2D eigenvalue weighted by Gasteiger charge is -2.37. The van der Waals surface area contributed by atoms with Crippen molar-refractivity contribution in [1.82, 2.24) is 9.80 Å². The van der Waals surface area contributed by atoms with Crippen LogP contribution < -0.4 is 9.47 Å². The van der Waals surface area contributed by atoms with Crippen LogP contribution in [0.5, 0.6) is 11.5 Å². The van der Waals surface area contributed by atoms with Crippen molar-refractivity contribution in [2.75, 3.05) is 33.9 Å².